The number of hydrogen-bond acceptors (Lipinski definition) is 3. The molecule has 0 aliphatic heterocycles. The molecule has 6 nitrogen and oxygen atoms in total. The number of aromatic nitrogens is 2. The van der Waals surface area contributed by atoms with Gasteiger partial charge in [-0.1, -0.05) is 0 Å². The van der Waals surface area contributed by atoms with Gasteiger partial charge in [-0.2, -0.15) is 5.10 Å². The molecule has 0 unspecified atom stereocenters. The van der Waals surface area contributed by atoms with Gasteiger partial charge in [-0.05, 0) is 42.5 Å². The Hall–Kier alpha value is -2.36. The molecule has 0 aliphatic carbocycles. The van der Waals surface area contributed by atoms with Crippen LogP contribution < -0.4 is 10.6 Å². The maximum Gasteiger partial charge on any atom is 0.191 e. The number of nitrogens with one attached hydrogen (secondary N) is 2. The summed E-state index contributed by atoms with van der Waals surface area (Å²) in [7, 11) is 1.70. The van der Waals surface area contributed by atoms with Crippen LogP contribution in [0.3, 0.4) is 0 Å². The van der Waals surface area contributed by atoms with Gasteiger partial charge in [0.25, 0.3) is 0 Å². The van der Waals surface area contributed by atoms with Gasteiger partial charge in [0.1, 0.15) is 11.6 Å². The molecular weight excluding hydrogens is 436 g/mol. The van der Waals surface area contributed by atoms with Gasteiger partial charge in [-0.25, -0.2) is 9.07 Å². The number of halogens is 2. The average molecular weight is 455 g/mol. The summed E-state index contributed by atoms with van der Waals surface area (Å²) in [5.41, 5.74) is 1.66. The van der Waals surface area contributed by atoms with Crippen LogP contribution in [-0.4, -0.2) is 22.8 Å². The second-order valence-electron chi connectivity index (χ2n) is 5.09. The van der Waals surface area contributed by atoms with Gasteiger partial charge >= 0.3 is 0 Å². The molecule has 25 heavy (non-hydrogen) atoms. The van der Waals surface area contributed by atoms with Crippen LogP contribution in [0.2, 0.25) is 0 Å². The fourth-order valence-corrected chi connectivity index (χ4v) is 2.17. The summed E-state index contributed by atoms with van der Waals surface area (Å²) in [6, 6.07) is 11.8. The van der Waals surface area contributed by atoms with Gasteiger partial charge in [0.2, 0.25) is 0 Å². The molecule has 0 amide bonds. The van der Waals surface area contributed by atoms with Crippen LogP contribution in [-0.2, 0) is 13.1 Å². The molecule has 0 bridgehead atoms. The second-order valence-corrected chi connectivity index (χ2v) is 5.09. The van der Waals surface area contributed by atoms with Crippen LogP contribution in [0.1, 0.15) is 11.5 Å². The zero-order chi connectivity index (χ0) is 16.8. The predicted molar refractivity (Wildman–Crippen MR) is 105 cm³/mol. The zero-order valence-corrected chi connectivity index (χ0v) is 16.0. The summed E-state index contributed by atoms with van der Waals surface area (Å²) in [6.07, 6.45) is 3.47. The van der Waals surface area contributed by atoms with Crippen molar-refractivity contribution in [2.75, 3.05) is 7.05 Å². The van der Waals surface area contributed by atoms with E-state index in [2.05, 4.69) is 20.7 Å². The maximum absolute atomic E-state index is 13.0. The highest BCUT2D eigenvalue weighted by Gasteiger charge is 2.04. The molecule has 0 atom stereocenters. The molecular formula is C17H19FIN5O. The normalized spacial score (nSPS) is 11.0. The lowest BCUT2D eigenvalue weighted by Gasteiger charge is -2.09. The van der Waals surface area contributed by atoms with Gasteiger partial charge in [-0.3, -0.25) is 4.99 Å². The molecule has 2 N–H and O–H groups in total. The number of nitrogens with zero attached hydrogens (tertiary/aromatic N) is 3. The highest BCUT2D eigenvalue weighted by Crippen LogP contribution is 2.08. The molecule has 2 heterocycles. The quantitative estimate of drug-likeness (QED) is 0.353. The van der Waals surface area contributed by atoms with E-state index >= 15 is 0 Å². The third-order valence-electron chi connectivity index (χ3n) is 3.41. The number of hydrogen-bond donors (Lipinski definition) is 2. The lowest BCUT2D eigenvalue weighted by molar-refractivity contribution is 0.501. The van der Waals surface area contributed by atoms with Gasteiger partial charge < -0.3 is 15.1 Å². The topological polar surface area (TPSA) is 67.4 Å². The average Bonchev–Trinajstić information content (AvgIpc) is 3.27. The Morgan fingerprint density at radius 2 is 1.92 bits per heavy atom. The molecule has 1 aromatic carbocycles. The fourth-order valence-electron chi connectivity index (χ4n) is 2.17. The van der Waals surface area contributed by atoms with E-state index in [1.54, 1.807) is 30.1 Å². The van der Waals surface area contributed by atoms with Gasteiger partial charge in [0.05, 0.1) is 30.7 Å². The maximum atomic E-state index is 13.0. The molecule has 132 valence electrons. The van der Waals surface area contributed by atoms with Crippen molar-refractivity contribution in [3.63, 3.8) is 0 Å². The van der Waals surface area contributed by atoms with Crippen LogP contribution in [0, 0.1) is 5.82 Å². The standard InChI is InChI=1S/C17H18FN5O.HI/c1-19-17(21-12-16-3-2-10-24-16)20-11-14-8-9-23(22-14)15-6-4-13(18)5-7-15;/h2-10H,11-12H2,1H3,(H2,19,20,21);1H. The zero-order valence-electron chi connectivity index (χ0n) is 13.6. The lowest BCUT2D eigenvalue weighted by Crippen LogP contribution is -2.36. The van der Waals surface area contributed by atoms with Crippen molar-refractivity contribution in [1.29, 1.82) is 0 Å². The van der Waals surface area contributed by atoms with E-state index in [4.69, 9.17) is 4.42 Å². The molecule has 3 rings (SSSR count). The second kappa shape index (κ2) is 9.21. The number of furan rings is 1. The van der Waals surface area contributed by atoms with E-state index in [9.17, 15) is 4.39 Å². The number of guanidine groups is 1. The molecule has 8 heteroatoms. The van der Waals surface area contributed by atoms with Crippen molar-refractivity contribution < 1.29 is 8.81 Å². The van der Waals surface area contributed by atoms with Crippen LogP contribution in [0.15, 0.2) is 64.3 Å². The SMILES string of the molecule is CN=C(NCc1ccn(-c2ccc(F)cc2)n1)NCc1ccco1.I. The first kappa shape index (κ1) is 19.0. The third kappa shape index (κ3) is 5.31. The third-order valence-corrected chi connectivity index (χ3v) is 3.41. The van der Waals surface area contributed by atoms with E-state index in [0.717, 1.165) is 17.1 Å². The summed E-state index contributed by atoms with van der Waals surface area (Å²) in [5.74, 6) is 1.22. The van der Waals surface area contributed by atoms with Crippen LogP contribution in [0.5, 0.6) is 0 Å². The van der Waals surface area contributed by atoms with E-state index in [0.29, 0.717) is 19.0 Å². The minimum atomic E-state index is -0.265. The monoisotopic (exact) mass is 455 g/mol. The Bertz CT molecular complexity index is 799. The Morgan fingerprint density at radius 3 is 2.60 bits per heavy atom. The number of benzene rings is 1. The summed E-state index contributed by atoms with van der Waals surface area (Å²) in [6.45, 7) is 1.07. The minimum absolute atomic E-state index is 0. The van der Waals surface area contributed by atoms with Crippen molar-refractivity contribution >= 4 is 29.9 Å². The van der Waals surface area contributed by atoms with E-state index < -0.39 is 0 Å². The van der Waals surface area contributed by atoms with Crippen LogP contribution >= 0.6 is 24.0 Å². The van der Waals surface area contributed by atoms with E-state index in [1.807, 2.05) is 24.4 Å². The van der Waals surface area contributed by atoms with E-state index in [-0.39, 0.29) is 29.8 Å². The molecule has 0 saturated carbocycles. The van der Waals surface area contributed by atoms with Crippen molar-refractivity contribution in [3.8, 4) is 5.69 Å². The number of aliphatic imine (C=N–C) groups is 1. The largest absolute Gasteiger partial charge is 0.467 e. The summed E-state index contributed by atoms with van der Waals surface area (Å²) >= 11 is 0. The molecule has 0 radical (unpaired) electrons. The molecule has 2 aromatic heterocycles. The van der Waals surface area contributed by atoms with Gasteiger partial charge in [0, 0.05) is 13.2 Å². The molecule has 0 spiro atoms. The first-order valence-corrected chi connectivity index (χ1v) is 7.52. The van der Waals surface area contributed by atoms with Crippen molar-refractivity contribution in [2.24, 2.45) is 4.99 Å². The van der Waals surface area contributed by atoms with E-state index in [1.165, 1.54) is 12.1 Å². The van der Waals surface area contributed by atoms with Crippen LogP contribution in [0.25, 0.3) is 5.69 Å². The predicted octanol–water partition coefficient (Wildman–Crippen LogP) is 3.09. The summed E-state index contributed by atoms with van der Waals surface area (Å²) in [4.78, 5) is 4.15. The molecule has 0 aliphatic rings. The number of rotatable bonds is 5. The van der Waals surface area contributed by atoms with Crippen LogP contribution in [0.4, 0.5) is 4.39 Å². The van der Waals surface area contributed by atoms with Gasteiger partial charge in [0.15, 0.2) is 5.96 Å². The van der Waals surface area contributed by atoms with Crippen molar-refractivity contribution in [3.05, 3.63) is 72.2 Å². The van der Waals surface area contributed by atoms with Gasteiger partial charge in [-0.15, -0.1) is 24.0 Å². The summed E-state index contributed by atoms with van der Waals surface area (Å²) in [5, 5.41) is 10.8. The Kier molecular flexibility index (Phi) is 6.99. The molecule has 0 fully saturated rings. The fraction of sp³-hybridized carbons (Fsp3) is 0.176. The first-order chi connectivity index (χ1) is 11.7. The van der Waals surface area contributed by atoms with Crippen molar-refractivity contribution in [1.82, 2.24) is 20.4 Å². The Morgan fingerprint density at radius 1 is 1.16 bits per heavy atom. The minimum Gasteiger partial charge on any atom is -0.467 e. The Labute approximate surface area is 162 Å². The summed E-state index contributed by atoms with van der Waals surface area (Å²) < 4.78 is 19.9. The smallest absolute Gasteiger partial charge is 0.191 e. The molecule has 0 saturated heterocycles. The lowest BCUT2D eigenvalue weighted by atomic mass is 10.3. The highest BCUT2D eigenvalue weighted by molar-refractivity contribution is 14.0. The Balaban J connectivity index is 0.00000225. The van der Waals surface area contributed by atoms with Crippen molar-refractivity contribution in [2.45, 2.75) is 13.1 Å². The first-order valence-electron chi connectivity index (χ1n) is 7.52. The highest BCUT2D eigenvalue weighted by atomic mass is 127. The molecule has 3 aromatic rings.